The molecule has 0 aliphatic carbocycles. The van der Waals surface area contributed by atoms with E-state index in [0.717, 1.165) is 35.7 Å². The zero-order valence-electron chi connectivity index (χ0n) is 15.4. The summed E-state index contributed by atoms with van der Waals surface area (Å²) in [6, 6.07) is 16.6. The molecule has 1 saturated heterocycles. The minimum absolute atomic E-state index is 0.0586. The molecule has 1 aliphatic rings. The first kappa shape index (κ1) is 19.0. The molecule has 0 spiro atoms. The Morgan fingerprint density at radius 3 is 2.41 bits per heavy atom. The highest BCUT2D eigenvalue weighted by Gasteiger charge is 2.23. The van der Waals surface area contributed by atoms with Crippen LogP contribution in [0.1, 0.15) is 0 Å². The van der Waals surface area contributed by atoms with Crippen LogP contribution in [0.4, 0.5) is 22.9 Å². The van der Waals surface area contributed by atoms with E-state index in [0.29, 0.717) is 23.9 Å². The van der Waals surface area contributed by atoms with Gasteiger partial charge in [-0.2, -0.15) is 0 Å². The van der Waals surface area contributed by atoms with Crippen molar-refractivity contribution < 1.29 is 9.66 Å². The Kier molecular flexibility index (Phi) is 5.50. The zero-order chi connectivity index (χ0) is 20.2. The highest BCUT2D eigenvalue weighted by molar-refractivity contribution is 7.12. The van der Waals surface area contributed by atoms with Crippen LogP contribution in [0.2, 0.25) is 0 Å². The molecule has 0 saturated carbocycles. The number of benzene rings is 2. The van der Waals surface area contributed by atoms with Crippen LogP contribution in [0.25, 0.3) is 10.6 Å². The van der Waals surface area contributed by atoms with Crippen molar-refractivity contribution in [3.63, 3.8) is 0 Å². The van der Waals surface area contributed by atoms with Crippen molar-refractivity contribution in [3.8, 4) is 10.6 Å². The minimum atomic E-state index is -0.689. The van der Waals surface area contributed by atoms with E-state index in [1.165, 1.54) is 0 Å². The van der Waals surface area contributed by atoms with E-state index in [1.54, 1.807) is 0 Å². The first-order chi connectivity index (χ1) is 14.1. The quantitative estimate of drug-likeness (QED) is 0.506. The van der Waals surface area contributed by atoms with Gasteiger partial charge in [-0.25, -0.2) is 4.98 Å². The number of ether oxygens (including phenoxy) is 1. The fourth-order valence-corrected chi connectivity index (χ4v) is 3.91. The highest BCUT2D eigenvalue weighted by atomic mass is 32.1. The Labute approximate surface area is 170 Å². The molecule has 2 aromatic carbocycles. The van der Waals surface area contributed by atoms with Gasteiger partial charge in [0.1, 0.15) is 5.01 Å². The van der Waals surface area contributed by atoms with Gasteiger partial charge < -0.3 is 15.0 Å². The van der Waals surface area contributed by atoms with Gasteiger partial charge in [-0.15, -0.1) is 0 Å². The van der Waals surface area contributed by atoms with Crippen molar-refractivity contribution in [2.75, 3.05) is 36.5 Å². The molecule has 2 heterocycles. The average molecular weight is 410 g/mol. The lowest BCUT2D eigenvalue weighted by molar-refractivity contribution is -0.384. The Hall–Kier alpha value is -3.30. The lowest BCUT2D eigenvalue weighted by Crippen LogP contribution is -2.36. The van der Waals surface area contributed by atoms with Gasteiger partial charge in [-0.1, -0.05) is 41.7 Å². The summed E-state index contributed by atoms with van der Waals surface area (Å²) in [7, 11) is 0. The van der Waals surface area contributed by atoms with Crippen molar-refractivity contribution in [2.45, 2.75) is 0 Å². The Morgan fingerprint density at radius 2 is 1.76 bits per heavy atom. The maximum absolute atomic E-state index is 12.4. The number of hydrogen-bond acceptors (Lipinski definition) is 8. The molecule has 1 N–H and O–H groups in total. The van der Waals surface area contributed by atoms with Gasteiger partial charge in [-0.3, -0.25) is 14.9 Å². The van der Waals surface area contributed by atoms with Gasteiger partial charge >= 0.3 is 10.4 Å². The van der Waals surface area contributed by atoms with Crippen LogP contribution in [0.3, 0.4) is 0 Å². The molecule has 8 nitrogen and oxygen atoms in total. The molecule has 1 aliphatic heterocycles. The number of aromatic nitrogens is 1. The summed E-state index contributed by atoms with van der Waals surface area (Å²) in [6.45, 7) is 3.02. The van der Waals surface area contributed by atoms with Crippen LogP contribution < -0.4 is 15.0 Å². The van der Waals surface area contributed by atoms with Gasteiger partial charge in [0.25, 0.3) is 0 Å². The Morgan fingerprint density at radius 1 is 1.07 bits per heavy atom. The van der Waals surface area contributed by atoms with E-state index in [1.807, 2.05) is 54.6 Å². The van der Waals surface area contributed by atoms with Gasteiger partial charge in [0, 0.05) is 30.0 Å². The monoisotopic (exact) mass is 410 g/mol. The summed E-state index contributed by atoms with van der Waals surface area (Å²) >= 11 is 0.764. The largest absolute Gasteiger partial charge is 0.378 e. The van der Waals surface area contributed by atoms with Gasteiger partial charge in [0.15, 0.2) is 0 Å². The van der Waals surface area contributed by atoms with Gasteiger partial charge in [0.05, 0.1) is 18.1 Å². The second-order valence-electron chi connectivity index (χ2n) is 6.40. The minimum Gasteiger partial charge on any atom is -0.378 e. The summed E-state index contributed by atoms with van der Waals surface area (Å²) in [4.78, 5) is 29.8. The van der Waals surface area contributed by atoms with Crippen molar-refractivity contribution in [3.05, 3.63) is 74.2 Å². The smallest absolute Gasteiger partial charge is 0.369 e. The second-order valence-corrected chi connectivity index (χ2v) is 7.36. The molecule has 0 amide bonds. The third-order valence-corrected chi connectivity index (χ3v) is 5.43. The van der Waals surface area contributed by atoms with E-state index in [9.17, 15) is 14.9 Å². The SMILES string of the molecule is O=c1sc(-c2ccccc2)nc(Nc2ccc(N3CCOCC3)cc2)c1[N+](=O)[O-]. The number of nitro groups is 1. The maximum atomic E-state index is 12.4. The normalized spacial score (nSPS) is 13.9. The highest BCUT2D eigenvalue weighted by Crippen LogP contribution is 2.29. The van der Waals surface area contributed by atoms with E-state index in [2.05, 4.69) is 15.2 Å². The molecule has 0 atom stereocenters. The molecule has 3 aromatic rings. The second kappa shape index (κ2) is 8.38. The van der Waals surface area contributed by atoms with Gasteiger partial charge in [-0.05, 0) is 24.3 Å². The number of hydrogen-bond donors (Lipinski definition) is 1. The summed E-state index contributed by atoms with van der Waals surface area (Å²) in [5.41, 5.74) is 1.85. The zero-order valence-corrected chi connectivity index (χ0v) is 16.2. The van der Waals surface area contributed by atoms with E-state index in [4.69, 9.17) is 4.74 Å². The fourth-order valence-electron chi connectivity index (χ4n) is 3.08. The van der Waals surface area contributed by atoms with Gasteiger partial charge in [0.2, 0.25) is 5.82 Å². The molecule has 9 heteroatoms. The first-order valence-electron chi connectivity index (χ1n) is 9.06. The third kappa shape index (κ3) is 4.25. The standard InChI is InChI=1S/C20H18N4O4S/c25-20-17(24(26)27)18(22-19(29-20)14-4-2-1-3-5-14)21-15-6-8-16(9-7-15)23-10-12-28-13-11-23/h1-9,21H,10-13H2. The number of morpholine rings is 1. The Bertz CT molecular complexity index is 1060. The molecule has 148 valence electrons. The van der Waals surface area contributed by atoms with Crippen molar-refractivity contribution in [1.82, 2.24) is 4.98 Å². The van der Waals surface area contributed by atoms with Crippen molar-refractivity contribution >= 4 is 34.2 Å². The first-order valence-corrected chi connectivity index (χ1v) is 9.88. The molecular weight excluding hydrogens is 392 g/mol. The number of anilines is 3. The van der Waals surface area contributed by atoms with Crippen molar-refractivity contribution in [1.29, 1.82) is 0 Å². The predicted octanol–water partition coefficient (Wildman–Crippen LogP) is 3.66. The summed E-state index contributed by atoms with van der Waals surface area (Å²) < 4.78 is 4.72. The van der Waals surface area contributed by atoms with Crippen molar-refractivity contribution in [2.24, 2.45) is 0 Å². The molecule has 0 radical (unpaired) electrons. The average Bonchev–Trinajstić information content (AvgIpc) is 2.75. The summed E-state index contributed by atoms with van der Waals surface area (Å²) in [6.07, 6.45) is 0. The van der Waals surface area contributed by atoms with E-state index < -0.39 is 15.4 Å². The molecule has 1 aromatic heterocycles. The topological polar surface area (TPSA) is 97.6 Å². The lowest BCUT2D eigenvalue weighted by atomic mass is 10.2. The summed E-state index contributed by atoms with van der Waals surface area (Å²) in [5.74, 6) is -0.0586. The van der Waals surface area contributed by atoms with E-state index >= 15 is 0 Å². The van der Waals surface area contributed by atoms with Crippen LogP contribution in [0, 0.1) is 10.1 Å². The molecule has 0 unspecified atom stereocenters. The van der Waals surface area contributed by atoms with Crippen LogP contribution in [-0.2, 0) is 4.74 Å². The molecule has 1 fully saturated rings. The Balaban J connectivity index is 1.65. The third-order valence-electron chi connectivity index (χ3n) is 4.53. The maximum Gasteiger partial charge on any atom is 0.369 e. The van der Waals surface area contributed by atoms with Crippen LogP contribution in [0.5, 0.6) is 0 Å². The number of rotatable bonds is 5. The van der Waals surface area contributed by atoms with Crippen LogP contribution in [-0.4, -0.2) is 36.2 Å². The fraction of sp³-hybridized carbons (Fsp3) is 0.200. The molecule has 0 bridgehead atoms. The molecule has 29 heavy (non-hydrogen) atoms. The molecular formula is C20H18N4O4S. The number of nitrogens with one attached hydrogen (secondary N) is 1. The van der Waals surface area contributed by atoms with Crippen LogP contribution >= 0.6 is 11.3 Å². The van der Waals surface area contributed by atoms with Crippen LogP contribution in [0.15, 0.2) is 59.4 Å². The van der Waals surface area contributed by atoms with E-state index in [-0.39, 0.29) is 5.82 Å². The number of nitrogens with zero attached hydrogens (tertiary/aromatic N) is 3. The predicted molar refractivity (Wildman–Crippen MR) is 113 cm³/mol. The molecule has 4 rings (SSSR count). The lowest BCUT2D eigenvalue weighted by Gasteiger charge is -2.28. The summed E-state index contributed by atoms with van der Waals surface area (Å²) in [5, 5.41) is 14.8.